The number of hydrogen-bond donors (Lipinski definition) is 2. The monoisotopic (exact) mass is 550 g/mol. The van der Waals surface area contributed by atoms with E-state index >= 15 is 0 Å². The fourth-order valence-electron chi connectivity index (χ4n) is 4.51. The quantitative estimate of drug-likeness (QED) is 0.333. The van der Waals surface area contributed by atoms with Gasteiger partial charge in [0.05, 0.1) is 25.3 Å². The van der Waals surface area contributed by atoms with E-state index in [1.54, 1.807) is 0 Å². The summed E-state index contributed by atoms with van der Waals surface area (Å²) in [4.78, 5) is 7.02. The van der Waals surface area contributed by atoms with Gasteiger partial charge in [0.1, 0.15) is 11.4 Å². The minimum Gasteiger partial charge on any atom is -0.487 e. The molecule has 2 N–H and O–H groups in total. The SMILES string of the molecule is CN=C(NCC(c1ccccc1)N1CCOCC1)NC1CC(C)(C)Oc2ccccc21.I. The van der Waals surface area contributed by atoms with Crippen LogP contribution in [0.2, 0.25) is 0 Å². The number of nitrogens with one attached hydrogen (secondary N) is 2. The molecule has 0 aliphatic carbocycles. The van der Waals surface area contributed by atoms with Crippen LogP contribution in [0.25, 0.3) is 0 Å². The van der Waals surface area contributed by atoms with Gasteiger partial charge < -0.3 is 20.1 Å². The molecule has 32 heavy (non-hydrogen) atoms. The maximum absolute atomic E-state index is 6.18. The van der Waals surface area contributed by atoms with Crippen molar-refractivity contribution in [3.8, 4) is 5.75 Å². The average molecular weight is 550 g/mol. The van der Waals surface area contributed by atoms with Crippen LogP contribution in [0.3, 0.4) is 0 Å². The highest BCUT2D eigenvalue weighted by Gasteiger charge is 2.34. The smallest absolute Gasteiger partial charge is 0.191 e. The first kappa shape index (κ1) is 24.8. The number of morpholine rings is 1. The Morgan fingerprint density at radius 3 is 2.50 bits per heavy atom. The van der Waals surface area contributed by atoms with Crippen LogP contribution in [0.5, 0.6) is 5.75 Å². The Morgan fingerprint density at radius 1 is 1.09 bits per heavy atom. The van der Waals surface area contributed by atoms with Crippen molar-refractivity contribution in [2.45, 2.75) is 38.0 Å². The predicted molar refractivity (Wildman–Crippen MR) is 140 cm³/mol. The molecule has 0 spiro atoms. The third kappa shape index (κ3) is 6.14. The zero-order chi connectivity index (χ0) is 21.7. The fourth-order valence-corrected chi connectivity index (χ4v) is 4.51. The maximum Gasteiger partial charge on any atom is 0.191 e. The summed E-state index contributed by atoms with van der Waals surface area (Å²) in [5.74, 6) is 1.76. The van der Waals surface area contributed by atoms with Gasteiger partial charge in [-0.05, 0) is 25.5 Å². The number of para-hydroxylation sites is 1. The maximum atomic E-state index is 6.18. The van der Waals surface area contributed by atoms with Crippen LogP contribution in [0.4, 0.5) is 0 Å². The summed E-state index contributed by atoms with van der Waals surface area (Å²) in [6, 6.07) is 19.4. The molecule has 2 unspecified atom stereocenters. The third-order valence-electron chi connectivity index (χ3n) is 6.04. The largest absolute Gasteiger partial charge is 0.487 e. The molecule has 1 fully saturated rings. The molecule has 2 aliphatic heterocycles. The third-order valence-corrected chi connectivity index (χ3v) is 6.04. The molecular formula is C25H35IN4O2. The molecule has 1 saturated heterocycles. The lowest BCUT2D eigenvalue weighted by atomic mass is 9.90. The van der Waals surface area contributed by atoms with Gasteiger partial charge >= 0.3 is 0 Å². The summed E-state index contributed by atoms with van der Waals surface area (Å²) in [7, 11) is 1.83. The van der Waals surface area contributed by atoms with Gasteiger partial charge in [0.25, 0.3) is 0 Å². The lowest BCUT2D eigenvalue weighted by Crippen LogP contribution is -2.48. The van der Waals surface area contributed by atoms with Crippen LogP contribution in [0.15, 0.2) is 59.6 Å². The molecule has 0 bridgehead atoms. The highest BCUT2D eigenvalue weighted by molar-refractivity contribution is 14.0. The van der Waals surface area contributed by atoms with Crippen molar-refractivity contribution in [3.63, 3.8) is 0 Å². The van der Waals surface area contributed by atoms with Crippen LogP contribution in [-0.4, -0.2) is 56.4 Å². The van der Waals surface area contributed by atoms with Gasteiger partial charge in [0.15, 0.2) is 5.96 Å². The van der Waals surface area contributed by atoms with Crippen LogP contribution in [-0.2, 0) is 4.74 Å². The first-order valence-electron chi connectivity index (χ1n) is 11.2. The van der Waals surface area contributed by atoms with Gasteiger partial charge in [-0.25, -0.2) is 0 Å². The number of guanidine groups is 1. The van der Waals surface area contributed by atoms with Gasteiger partial charge in [0.2, 0.25) is 0 Å². The van der Waals surface area contributed by atoms with E-state index in [2.05, 4.69) is 76.8 Å². The zero-order valence-corrected chi connectivity index (χ0v) is 21.5. The molecule has 2 heterocycles. The molecule has 0 radical (unpaired) electrons. The summed E-state index contributed by atoms with van der Waals surface area (Å²) < 4.78 is 11.8. The first-order valence-corrected chi connectivity index (χ1v) is 11.2. The van der Waals surface area contributed by atoms with E-state index in [0.717, 1.165) is 51.0 Å². The lowest BCUT2D eigenvalue weighted by molar-refractivity contribution is 0.0169. The van der Waals surface area contributed by atoms with Crippen molar-refractivity contribution in [1.29, 1.82) is 0 Å². The molecular weight excluding hydrogens is 515 g/mol. The van der Waals surface area contributed by atoms with Gasteiger partial charge in [-0.3, -0.25) is 9.89 Å². The minimum absolute atomic E-state index is 0. The summed E-state index contributed by atoms with van der Waals surface area (Å²) in [5, 5.41) is 7.23. The molecule has 0 aromatic heterocycles. The Morgan fingerprint density at radius 2 is 1.78 bits per heavy atom. The number of hydrogen-bond acceptors (Lipinski definition) is 4. The van der Waals surface area contributed by atoms with Gasteiger partial charge in [-0.2, -0.15) is 0 Å². The van der Waals surface area contributed by atoms with E-state index in [0.29, 0.717) is 0 Å². The number of ether oxygens (including phenoxy) is 2. The Bertz CT molecular complexity index is 885. The van der Waals surface area contributed by atoms with Gasteiger partial charge in [-0.15, -0.1) is 24.0 Å². The molecule has 0 saturated carbocycles. The summed E-state index contributed by atoms with van der Waals surface area (Å²) in [6.45, 7) is 8.49. The highest BCUT2D eigenvalue weighted by atomic mass is 127. The van der Waals surface area contributed by atoms with Crippen molar-refractivity contribution in [2.75, 3.05) is 39.9 Å². The Labute approximate surface area is 208 Å². The summed E-state index contributed by atoms with van der Waals surface area (Å²) in [6.07, 6.45) is 0.871. The molecule has 2 aromatic carbocycles. The average Bonchev–Trinajstić information content (AvgIpc) is 2.79. The van der Waals surface area contributed by atoms with E-state index in [1.165, 1.54) is 11.1 Å². The first-order chi connectivity index (χ1) is 15.1. The summed E-state index contributed by atoms with van der Waals surface area (Å²) in [5.41, 5.74) is 2.26. The van der Waals surface area contributed by atoms with Crippen LogP contribution in [0.1, 0.15) is 43.5 Å². The number of nitrogens with zero attached hydrogens (tertiary/aromatic N) is 2. The van der Waals surface area contributed by atoms with Gasteiger partial charge in [0, 0.05) is 38.7 Å². The molecule has 0 amide bonds. The van der Waals surface area contributed by atoms with Crippen LogP contribution < -0.4 is 15.4 Å². The second kappa shape index (κ2) is 11.3. The van der Waals surface area contributed by atoms with Crippen molar-refractivity contribution < 1.29 is 9.47 Å². The molecule has 7 heteroatoms. The topological polar surface area (TPSA) is 58.1 Å². The molecule has 2 aromatic rings. The van der Waals surface area contributed by atoms with E-state index in [-0.39, 0.29) is 41.7 Å². The van der Waals surface area contributed by atoms with Crippen molar-refractivity contribution in [3.05, 3.63) is 65.7 Å². The van der Waals surface area contributed by atoms with Crippen LogP contribution >= 0.6 is 24.0 Å². The normalized spacial score (nSPS) is 21.5. The van der Waals surface area contributed by atoms with Gasteiger partial charge in [-0.1, -0.05) is 48.5 Å². The Kier molecular flexibility index (Phi) is 8.79. The standard InChI is InChI=1S/C25H34N4O2.HI/c1-25(2)17-21(20-11-7-8-12-23(20)31-25)28-24(26-3)27-18-22(19-9-5-4-6-10-19)29-13-15-30-16-14-29;/h4-12,21-22H,13-18H2,1-3H3,(H2,26,27,28);1H. The fraction of sp³-hybridized carbons (Fsp3) is 0.480. The molecule has 174 valence electrons. The van der Waals surface area contributed by atoms with Crippen molar-refractivity contribution >= 4 is 29.9 Å². The van der Waals surface area contributed by atoms with E-state index in [9.17, 15) is 0 Å². The second-order valence-electron chi connectivity index (χ2n) is 8.83. The Balaban J connectivity index is 0.00000289. The number of fused-ring (bicyclic) bond motifs is 1. The second-order valence-corrected chi connectivity index (χ2v) is 8.83. The summed E-state index contributed by atoms with van der Waals surface area (Å²) >= 11 is 0. The van der Waals surface area contributed by atoms with Crippen molar-refractivity contribution in [1.82, 2.24) is 15.5 Å². The molecule has 2 aliphatic rings. The Hall–Kier alpha value is -1.84. The minimum atomic E-state index is -0.231. The van der Waals surface area contributed by atoms with Crippen LogP contribution in [0, 0.1) is 0 Å². The highest BCUT2D eigenvalue weighted by Crippen LogP contribution is 2.39. The number of rotatable bonds is 5. The molecule has 4 rings (SSSR count). The number of aliphatic imine (C=N–C) groups is 1. The molecule has 2 atom stereocenters. The lowest BCUT2D eigenvalue weighted by Gasteiger charge is -2.39. The van der Waals surface area contributed by atoms with E-state index in [4.69, 9.17) is 9.47 Å². The van der Waals surface area contributed by atoms with Crippen molar-refractivity contribution in [2.24, 2.45) is 4.99 Å². The zero-order valence-electron chi connectivity index (χ0n) is 19.2. The number of benzene rings is 2. The predicted octanol–water partition coefficient (Wildman–Crippen LogP) is 4.15. The molecule has 6 nitrogen and oxygen atoms in total. The number of halogens is 1. The van der Waals surface area contributed by atoms with E-state index in [1.807, 2.05) is 19.2 Å². The van der Waals surface area contributed by atoms with E-state index < -0.39 is 0 Å².